The quantitative estimate of drug-likeness (QED) is 0.860. The molecular formula is C20H30N2O2. The van der Waals surface area contributed by atoms with E-state index in [4.69, 9.17) is 0 Å². The van der Waals surface area contributed by atoms with Gasteiger partial charge < -0.3 is 10.6 Å². The molecule has 24 heavy (non-hydrogen) atoms. The van der Waals surface area contributed by atoms with Crippen LogP contribution in [0.3, 0.4) is 0 Å². The Bertz CT molecular complexity index is 583. The molecule has 1 aliphatic rings. The molecule has 4 nitrogen and oxygen atoms in total. The topological polar surface area (TPSA) is 58.2 Å². The van der Waals surface area contributed by atoms with Gasteiger partial charge in [-0.2, -0.15) is 0 Å². The fourth-order valence-corrected chi connectivity index (χ4v) is 3.42. The van der Waals surface area contributed by atoms with E-state index in [2.05, 4.69) is 17.6 Å². The van der Waals surface area contributed by atoms with Crippen LogP contribution in [0.1, 0.15) is 52.0 Å². The molecule has 2 N–H and O–H groups in total. The number of nitrogens with one attached hydrogen (secondary N) is 2. The second-order valence-electron chi connectivity index (χ2n) is 7.40. The van der Waals surface area contributed by atoms with Gasteiger partial charge in [0.2, 0.25) is 11.8 Å². The maximum atomic E-state index is 12.7. The minimum Gasteiger partial charge on any atom is -0.344 e. The lowest BCUT2D eigenvalue weighted by molar-refractivity contribution is -0.132. The van der Waals surface area contributed by atoms with Crippen molar-refractivity contribution < 1.29 is 9.59 Å². The van der Waals surface area contributed by atoms with Crippen molar-refractivity contribution in [2.24, 2.45) is 17.8 Å². The van der Waals surface area contributed by atoms with Gasteiger partial charge in [-0.15, -0.1) is 0 Å². The van der Waals surface area contributed by atoms with Crippen LogP contribution in [0.4, 0.5) is 5.69 Å². The van der Waals surface area contributed by atoms with Crippen molar-refractivity contribution >= 4 is 17.5 Å². The molecule has 0 aromatic heterocycles. The zero-order valence-corrected chi connectivity index (χ0v) is 15.3. The summed E-state index contributed by atoms with van der Waals surface area (Å²) in [6.07, 6.45) is 4.33. The zero-order chi connectivity index (χ0) is 17.7. The minimum atomic E-state index is -0.508. The van der Waals surface area contributed by atoms with Crippen LogP contribution in [0.25, 0.3) is 0 Å². The van der Waals surface area contributed by atoms with E-state index in [-0.39, 0.29) is 23.7 Å². The van der Waals surface area contributed by atoms with Crippen LogP contribution in [0.5, 0.6) is 0 Å². The molecule has 0 radical (unpaired) electrons. The number of aryl methyl sites for hydroxylation is 1. The van der Waals surface area contributed by atoms with Gasteiger partial charge in [0.25, 0.3) is 0 Å². The van der Waals surface area contributed by atoms with E-state index in [1.165, 1.54) is 6.42 Å². The molecule has 1 saturated carbocycles. The standard InChI is InChI=1S/C20H30N2O2/c1-13(2)18(20(24)21-17-12-8-6-10-15(17)4)22-19(23)16-11-7-5-9-14(16)3/h6,8,10,12-14,16,18H,5,7,9,11H2,1-4H3,(H,21,24)(H,22,23)/t14-,16+,18-/m1/s1. The summed E-state index contributed by atoms with van der Waals surface area (Å²) < 4.78 is 0. The lowest BCUT2D eigenvalue weighted by Gasteiger charge is -2.30. The van der Waals surface area contributed by atoms with Gasteiger partial charge >= 0.3 is 0 Å². The van der Waals surface area contributed by atoms with Crippen LogP contribution >= 0.6 is 0 Å². The molecule has 2 rings (SSSR count). The molecule has 1 fully saturated rings. The highest BCUT2D eigenvalue weighted by Gasteiger charge is 2.32. The molecule has 2 amide bonds. The third-order valence-electron chi connectivity index (χ3n) is 5.10. The van der Waals surface area contributed by atoms with Gasteiger partial charge in [0, 0.05) is 11.6 Å². The van der Waals surface area contributed by atoms with Gasteiger partial charge in [-0.25, -0.2) is 0 Å². The molecule has 1 aromatic rings. The summed E-state index contributed by atoms with van der Waals surface area (Å²) >= 11 is 0. The fraction of sp³-hybridized carbons (Fsp3) is 0.600. The first kappa shape index (κ1) is 18.5. The summed E-state index contributed by atoms with van der Waals surface area (Å²) in [4.78, 5) is 25.3. The summed E-state index contributed by atoms with van der Waals surface area (Å²) in [7, 11) is 0. The van der Waals surface area contributed by atoms with Crippen LogP contribution in [0, 0.1) is 24.7 Å². The summed E-state index contributed by atoms with van der Waals surface area (Å²) in [5.74, 6) is 0.353. The molecule has 1 aliphatic carbocycles. The lowest BCUT2D eigenvalue weighted by Crippen LogP contribution is -2.50. The van der Waals surface area contributed by atoms with Gasteiger partial charge in [-0.05, 0) is 43.2 Å². The molecule has 0 bridgehead atoms. The van der Waals surface area contributed by atoms with Gasteiger partial charge in [0.15, 0.2) is 0 Å². The third-order valence-corrected chi connectivity index (χ3v) is 5.10. The molecule has 3 atom stereocenters. The molecule has 1 aromatic carbocycles. The SMILES string of the molecule is Cc1ccccc1NC(=O)[C@H](NC(=O)[C@H]1CCCC[C@H]1C)C(C)C. The van der Waals surface area contributed by atoms with E-state index >= 15 is 0 Å². The first-order valence-corrected chi connectivity index (χ1v) is 9.07. The van der Waals surface area contributed by atoms with Crippen molar-refractivity contribution in [2.75, 3.05) is 5.32 Å². The van der Waals surface area contributed by atoms with Crippen LogP contribution in [0.15, 0.2) is 24.3 Å². The smallest absolute Gasteiger partial charge is 0.247 e. The highest BCUT2D eigenvalue weighted by molar-refractivity contribution is 5.98. The number of carbonyl (C=O) groups is 2. The Balaban J connectivity index is 2.04. The fourth-order valence-electron chi connectivity index (χ4n) is 3.42. The molecule has 0 spiro atoms. The Hall–Kier alpha value is -1.84. The Morgan fingerprint density at radius 3 is 2.42 bits per heavy atom. The third kappa shape index (κ3) is 4.59. The number of para-hydroxylation sites is 1. The molecule has 4 heteroatoms. The molecule has 132 valence electrons. The van der Waals surface area contributed by atoms with Crippen LogP contribution in [0.2, 0.25) is 0 Å². The van der Waals surface area contributed by atoms with Crippen LogP contribution < -0.4 is 10.6 Å². The number of carbonyl (C=O) groups excluding carboxylic acids is 2. The van der Waals surface area contributed by atoms with E-state index in [9.17, 15) is 9.59 Å². The van der Waals surface area contributed by atoms with E-state index in [0.717, 1.165) is 30.5 Å². The van der Waals surface area contributed by atoms with Gasteiger partial charge in [-0.3, -0.25) is 9.59 Å². The Morgan fingerprint density at radius 1 is 1.12 bits per heavy atom. The predicted octanol–water partition coefficient (Wildman–Crippen LogP) is 3.90. The second-order valence-corrected chi connectivity index (χ2v) is 7.40. The monoisotopic (exact) mass is 330 g/mol. The Labute approximate surface area is 145 Å². The van der Waals surface area contributed by atoms with Crippen LogP contribution in [-0.4, -0.2) is 17.9 Å². The van der Waals surface area contributed by atoms with Gasteiger partial charge in [0.05, 0.1) is 0 Å². The summed E-state index contributed by atoms with van der Waals surface area (Å²) in [5.41, 5.74) is 1.81. The Kier molecular flexibility index (Phi) is 6.41. The van der Waals surface area contributed by atoms with Crippen molar-refractivity contribution in [2.45, 2.75) is 59.4 Å². The zero-order valence-electron chi connectivity index (χ0n) is 15.3. The lowest BCUT2D eigenvalue weighted by atomic mass is 9.79. The first-order valence-electron chi connectivity index (χ1n) is 9.07. The molecule has 0 saturated heterocycles. The van der Waals surface area contributed by atoms with E-state index in [1.807, 2.05) is 45.0 Å². The summed E-state index contributed by atoms with van der Waals surface area (Å²) in [6.45, 7) is 8.03. The van der Waals surface area contributed by atoms with Crippen molar-refractivity contribution in [1.82, 2.24) is 5.32 Å². The van der Waals surface area contributed by atoms with E-state index in [0.29, 0.717) is 5.92 Å². The second kappa shape index (κ2) is 8.32. The number of benzene rings is 1. The highest BCUT2D eigenvalue weighted by Crippen LogP contribution is 2.30. The molecular weight excluding hydrogens is 300 g/mol. The molecule has 0 unspecified atom stereocenters. The largest absolute Gasteiger partial charge is 0.344 e. The Morgan fingerprint density at radius 2 is 1.79 bits per heavy atom. The maximum Gasteiger partial charge on any atom is 0.247 e. The highest BCUT2D eigenvalue weighted by atomic mass is 16.2. The number of rotatable bonds is 5. The van der Waals surface area contributed by atoms with Crippen molar-refractivity contribution in [3.8, 4) is 0 Å². The van der Waals surface area contributed by atoms with Gasteiger partial charge in [-0.1, -0.05) is 51.8 Å². The average Bonchev–Trinajstić information content (AvgIpc) is 2.54. The molecule has 0 aliphatic heterocycles. The number of anilines is 1. The van der Waals surface area contributed by atoms with E-state index < -0.39 is 6.04 Å². The number of hydrogen-bond acceptors (Lipinski definition) is 2. The van der Waals surface area contributed by atoms with Crippen molar-refractivity contribution in [3.63, 3.8) is 0 Å². The summed E-state index contributed by atoms with van der Waals surface area (Å²) in [5, 5.41) is 5.96. The number of amides is 2. The van der Waals surface area contributed by atoms with Crippen LogP contribution in [-0.2, 0) is 9.59 Å². The molecule has 0 heterocycles. The van der Waals surface area contributed by atoms with Gasteiger partial charge in [0.1, 0.15) is 6.04 Å². The summed E-state index contributed by atoms with van der Waals surface area (Å²) in [6, 6.07) is 7.18. The maximum absolute atomic E-state index is 12.7. The average molecular weight is 330 g/mol. The number of hydrogen-bond donors (Lipinski definition) is 2. The van der Waals surface area contributed by atoms with Crippen molar-refractivity contribution in [1.29, 1.82) is 0 Å². The first-order chi connectivity index (χ1) is 11.4. The normalized spacial score (nSPS) is 22.0. The minimum absolute atomic E-state index is 0.0285. The van der Waals surface area contributed by atoms with Crippen molar-refractivity contribution in [3.05, 3.63) is 29.8 Å². The van der Waals surface area contributed by atoms with E-state index in [1.54, 1.807) is 0 Å². The predicted molar refractivity (Wildman–Crippen MR) is 97.7 cm³/mol.